The second-order valence-corrected chi connectivity index (χ2v) is 10.5. The van der Waals surface area contributed by atoms with Crippen molar-refractivity contribution in [1.29, 1.82) is 0 Å². The molecule has 5 heterocycles. The monoisotopic (exact) mass is 567 g/mol. The average molecular weight is 568 g/mol. The van der Waals surface area contributed by atoms with E-state index < -0.39 is 0 Å². The summed E-state index contributed by atoms with van der Waals surface area (Å²) in [5.41, 5.74) is 8.79. The number of furan rings is 2. The average Bonchev–Trinajstić information content (AvgIpc) is 3.67. The summed E-state index contributed by atoms with van der Waals surface area (Å²) in [4.78, 5) is 25.0. The first-order chi connectivity index (χ1) is 21.8. The maximum absolute atomic E-state index is 6.27. The van der Waals surface area contributed by atoms with Gasteiger partial charge in [-0.2, -0.15) is 0 Å². The minimum absolute atomic E-state index is 0.489. The Kier molecular flexibility index (Phi) is 5.36. The standard InChI is InChI=1S/C37H21N5O2/c1-3-12-22(13-4-1)30-34-32(24-16-7-9-20-28(24)43-34)41-36(39-30)26-18-11-19-27(38-26)37-40-31(23-14-5-2-6-15-23)35-33(42-37)25-17-8-10-21-29(25)44-35/h1-21H. The van der Waals surface area contributed by atoms with Gasteiger partial charge in [0.2, 0.25) is 0 Å². The Labute approximate surface area is 250 Å². The molecule has 7 nitrogen and oxygen atoms in total. The highest BCUT2D eigenvalue weighted by atomic mass is 16.3. The normalized spacial score (nSPS) is 11.6. The summed E-state index contributed by atoms with van der Waals surface area (Å²) in [5.74, 6) is 0.978. The number of hydrogen-bond acceptors (Lipinski definition) is 7. The minimum Gasteiger partial charge on any atom is -0.452 e. The molecule has 0 aliphatic rings. The van der Waals surface area contributed by atoms with E-state index in [1.54, 1.807) is 0 Å². The number of rotatable bonds is 4. The van der Waals surface area contributed by atoms with E-state index in [-0.39, 0.29) is 0 Å². The first kappa shape index (κ1) is 24.4. The lowest BCUT2D eigenvalue weighted by atomic mass is 10.1. The van der Waals surface area contributed by atoms with Gasteiger partial charge in [0.25, 0.3) is 0 Å². The maximum atomic E-state index is 6.27. The summed E-state index contributed by atoms with van der Waals surface area (Å²) in [6.07, 6.45) is 0. The molecule has 0 aliphatic carbocycles. The molecule has 0 amide bonds. The van der Waals surface area contributed by atoms with Crippen LogP contribution in [-0.4, -0.2) is 24.9 Å². The second-order valence-electron chi connectivity index (χ2n) is 10.5. The third-order valence-electron chi connectivity index (χ3n) is 7.74. The highest BCUT2D eigenvalue weighted by Gasteiger charge is 2.21. The van der Waals surface area contributed by atoms with Crippen molar-refractivity contribution in [3.05, 3.63) is 127 Å². The molecule has 0 unspecified atom stereocenters. The van der Waals surface area contributed by atoms with Crippen LogP contribution < -0.4 is 0 Å². The van der Waals surface area contributed by atoms with Gasteiger partial charge in [-0.15, -0.1) is 0 Å². The number of nitrogens with zero attached hydrogens (tertiary/aromatic N) is 5. The Bertz CT molecular complexity index is 2330. The van der Waals surface area contributed by atoms with Crippen molar-refractivity contribution in [1.82, 2.24) is 24.9 Å². The molecule has 0 saturated carbocycles. The van der Waals surface area contributed by atoms with E-state index in [1.807, 2.05) is 127 Å². The number of hydrogen-bond donors (Lipinski definition) is 0. The van der Waals surface area contributed by atoms with Crippen LogP contribution in [0.1, 0.15) is 0 Å². The third kappa shape index (κ3) is 3.87. The maximum Gasteiger partial charge on any atom is 0.180 e. The van der Waals surface area contributed by atoms with Crippen molar-refractivity contribution in [3.8, 4) is 45.6 Å². The van der Waals surface area contributed by atoms with Gasteiger partial charge < -0.3 is 8.83 Å². The molecule has 5 aromatic heterocycles. The molecule has 206 valence electrons. The van der Waals surface area contributed by atoms with Crippen LogP contribution in [0.3, 0.4) is 0 Å². The van der Waals surface area contributed by atoms with E-state index in [1.165, 1.54) is 0 Å². The van der Waals surface area contributed by atoms with Crippen molar-refractivity contribution < 1.29 is 8.83 Å². The zero-order valence-corrected chi connectivity index (χ0v) is 23.2. The molecule has 0 saturated heterocycles. The summed E-state index contributed by atoms with van der Waals surface area (Å²) in [6.45, 7) is 0. The second kappa shape index (κ2) is 9.68. The summed E-state index contributed by atoms with van der Waals surface area (Å²) < 4.78 is 12.5. The van der Waals surface area contributed by atoms with Crippen molar-refractivity contribution in [2.45, 2.75) is 0 Å². The lowest BCUT2D eigenvalue weighted by molar-refractivity contribution is 0.667. The van der Waals surface area contributed by atoms with Gasteiger partial charge in [-0.1, -0.05) is 91.0 Å². The molecule has 0 aliphatic heterocycles. The minimum atomic E-state index is 0.489. The first-order valence-corrected chi connectivity index (χ1v) is 14.3. The van der Waals surface area contributed by atoms with Crippen molar-refractivity contribution in [2.75, 3.05) is 0 Å². The molecule has 4 aromatic carbocycles. The van der Waals surface area contributed by atoms with Crippen LogP contribution in [0, 0.1) is 0 Å². The molecule has 0 atom stereocenters. The number of benzene rings is 4. The topological polar surface area (TPSA) is 90.7 Å². The highest BCUT2D eigenvalue weighted by molar-refractivity contribution is 6.08. The largest absolute Gasteiger partial charge is 0.452 e. The molecule has 9 rings (SSSR count). The Balaban J connectivity index is 1.26. The van der Waals surface area contributed by atoms with Crippen LogP contribution in [0.4, 0.5) is 0 Å². The fourth-order valence-corrected chi connectivity index (χ4v) is 5.68. The lowest BCUT2D eigenvalue weighted by Gasteiger charge is -2.08. The number of aromatic nitrogens is 5. The van der Waals surface area contributed by atoms with E-state index in [4.69, 9.17) is 33.8 Å². The highest BCUT2D eigenvalue weighted by Crippen LogP contribution is 2.37. The van der Waals surface area contributed by atoms with Crippen LogP contribution in [0.5, 0.6) is 0 Å². The molecule has 0 fully saturated rings. The molecular weight excluding hydrogens is 546 g/mol. The number of pyridine rings is 1. The van der Waals surface area contributed by atoms with E-state index in [0.29, 0.717) is 45.6 Å². The summed E-state index contributed by atoms with van der Waals surface area (Å²) in [6, 6.07) is 41.5. The first-order valence-electron chi connectivity index (χ1n) is 14.3. The van der Waals surface area contributed by atoms with Gasteiger partial charge in [-0.25, -0.2) is 24.9 Å². The number of para-hydroxylation sites is 2. The van der Waals surface area contributed by atoms with Gasteiger partial charge in [0.1, 0.15) is 45.0 Å². The zero-order valence-electron chi connectivity index (χ0n) is 23.2. The predicted molar refractivity (Wildman–Crippen MR) is 172 cm³/mol. The fraction of sp³-hybridized carbons (Fsp3) is 0. The van der Waals surface area contributed by atoms with Gasteiger partial charge >= 0.3 is 0 Å². The van der Waals surface area contributed by atoms with Crippen molar-refractivity contribution in [2.24, 2.45) is 0 Å². The molecule has 7 heteroatoms. The summed E-state index contributed by atoms with van der Waals surface area (Å²) in [7, 11) is 0. The van der Waals surface area contributed by atoms with E-state index in [9.17, 15) is 0 Å². The molecule has 9 aromatic rings. The lowest BCUT2D eigenvalue weighted by Crippen LogP contribution is -1.99. The Morgan fingerprint density at radius 1 is 0.364 bits per heavy atom. The Hall–Kier alpha value is -6.21. The third-order valence-corrected chi connectivity index (χ3v) is 7.74. The van der Waals surface area contributed by atoms with Gasteiger partial charge in [0, 0.05) is 21.9 Å². The summed E-state index contributed by atoms with van der Waals surface area (Å²) in [5, 5.41) is 1.85. The van der Waals surface area contributed by atoms with Crippen LogP contribution in [-0.2, 0) is 0 Å². The quantitative estimate of drug-likeness (QED) is 0.209. The van der Waals surface area contributed by atoms with Crippen molar-refractivity contribution in [3.63, 3.8) is 0 Å². The fourth-order valence-electron chi connectivity index (χ4n) is 5.68. The predicted octanol–water partition coefficient (Wildman–Crippen LogP) is 9.13. The molecule has 44 heavy (non-hydrogen) atoms. The SMILES string of the molecule is c1ccc(-c2nc(-c3cccc(-c4nc(-c5ccccc5)c5oc6ccccc6c5n4)n3)nc3c2oc2ccccc23)cc1. The van der Waals surface area contributed by atoms with E-state index >= 15 is 0 Å². The molecule has 0 spiro atoms. The molecule has 0 bridgehead atoms. The number of fused-ring (bicyclic) bond motifs is 6. The smallest absolute Gasteiger partial charge is 0.180 e. The molecule has 0 N–H and O–H groups in total. The molecule has 0 radical (unpaired) electrons. The Morgan fingerprint density at radius 2 is 0.795 bits per heavy atom. The van der Waals surface area contributed by atoms with Gasteiger partial charge in [0.15, 0.2) is 22.8 Å². The van der Waals surface area contributed by atoms with Crippen molar-refractivity contribution >= 4 is 44.1 Å². The zero-order chi connectivity index (χ0) is 29.0. The van der Waals surface area contributed by atoms with Gasteiger partial charge in [-0.05, 0) is 36.4 Å². The van der Waals surface area contributed by atoms with E-state index in [0.717, 1.165) is 44.1 Å². The summed E-state index contributed by atoms with van der Waals surface area (Å²) >= 11 is 0. The van der Waals surface area contributed by atoms with Crippen LogP contribution in [0.25, 0.3) is 89.7 Å². The van der Waals surface area contributed by atoms with Crippen LogP contribution >= 0.6 is 0 Å². The molecular formula is C37H21N5O2. The van der Waals surface area contributed by atoms with Crippen LogP contribution in [0.15, 0.2) is 136 Å². The Morgan fingerprint density at radius 3 is 1.27 bits per heavy atom. The van der Waals surface area contributed by atoms with Gasteiger partial charge in [0.05, 0.1) is 0 Å². The van der Waals surface area contributed by atoms with E-state index in [2.05, 4.69) is 0 Å². The van der Waals surface area contributed by atoms with Gasteiger partial charge in [-0.3, -0.25) is 0 Å². The van der Waals surface area contributed by atoms with Crippen LogP contribution in [0.2, 0.25) is 0 Å².